The standard InChI is InChI=1S/C16H11ClF4N4O/c1-25-12(16(19,20)21)7-11(23-25)13-22-14(24-26-13)15(4-5-15)9-6-8(18)2-3-10(9)17/h2-3,6-7H,4-5H2,1H3. The molecular formula is C16H11ClF4N4O. The van der Waals surface area contributed by atoms with Crippen LogP contribution in [0.15, 0.2) is 28.8 Å². The monoisotopic (exact) mass is 386 g/mol. The Morgan fingerprint density at radius 3 is 2.58 bits per heavy atom. The predicted molar refractivity (Wildman–Crippen MR) is 82.9 cm³/mol. The Morgan fingerprint density at radius 1 is 1.23 bits per heavy atom. The minimum atomic E-state index is -4.55. The molecule has 1 aliphatic carbocycles. The second-order valence-electron chi connectivity index (χ2n) is 6.17. The third kappa shape index (κ3) is 2.66. The Balaban J connectivity index is 1.72. The molecule has 0 spiro atoms. The van der Waals surface area contributed by atoms with Crippen LogP contribution in [0.25, 0.3) is 11.6 Å². The van der Waals surface area contributed by atoms with Gasteiger partial charge in [-0.3, -0.25) is 4.68 Å². The first-order chi connectivity index (χ1) is 12.2. The predicted octanol–water partition coefficient (Wildman–Crippen LogP) is 4.36. The fourth-order valence-electron chi connectivity index (χ4n) is 2.96. The minimum Gasteiger partial charge on any atom is -0.332 e. The van der Waals surface area contributed by atoms with Crippen molar-refractivity contribution in [2.45, 2.75) is 24.4 Å². The van der Waals surface area contributed by atoms with Crippen molar-refractivity contribution in [2.24, 2.45) is 7.05 Å². The lowest BCUT2D eigenvalue weighted by Crippen LogP contribution is -2.12. The molecule has 1 aliphatic rings. The molecule has 26 heavy (non-hydrogen) atoms. The lowest BCUT2D eigenvalue weighted by molar-refractivity contribution is -0.143. The zero-order valence-electron chi connectivity index (χ0n) is 13.3. The highest BCUT2D eigenvalue weighted by molar-refractivity contribution is 6.31. The lowest BCUT2D eigenvalue weighted by atomic mass is 9.95. The molecule has 1 saturated carbocycles. The van der Waals surface area contributed by atoms with E-state index in [1.807, 2.05) is 0 Å². The van der Waals surface area contributed by atoms with Gasteiger partial charge in [-0.05, 0) is 36.6 Å². The Bertz CT molecular complexity index is 991. The van der Waals surface area contributed by atoms with Gasteiger partial charge in [0.1, 0.15) is 11.5 Å². The first-order valence-corrected chi connectivity index (χ1v) is 8.00. The van der Waals surface area contributed by atoms with Gasteiger partial charge in [0.05, 0.1) is 5.41 Å². The molecule has 2 aromatic heterocycles. The fraction of sp³-hybridized carbons (Fsp3) is 0.312. The second-order valence-corrected chi connectivity index (χ2v) is 6.57. The maximum Gasteiger partial charge on any atom is 0.433 e. The summed E-state index contributed by atoms with van der Waals surface area (Å²) in [6, 6.07) is 4.84. The van der Waals surface area contributed by atoms with Crippen LogP contribution in [0.3, 0.4) is 0 Å². The molecule has 0 amide bonds. The molecule has 5 nitrogen and oxygen atoms in total. The van der Waals surface area contributed by atoms with E-state index in [-0.39, 0.29) is 17.4 Å². The maximum absolute atomic E-state index is 13.6. The van der Waals surface area contributed by atoms with Gasteiger partial charge in [0, 0.05) is 18.1 Å². The van der Waals surface area contributed by atoms with Crippen LogP contribution in [-0.4, -0.2) is 19.9 Å². The highest BCUT2D eigenvalue weighted by Gasteiger charge is 2.51. The van der Waals surface area contributed by atoms with Gasteiger partial charge in [0.15, 0.2) is 11.5 Å². The molecular weight excluding hydrogens is 376 g/mol. The molecule has 0 N–H and O–H groups in total. The first-order valence-electron chi connectivity index (χ1n) is 7.62. The molecule has 0 saturated heterocycles. The zero-order valence-corrected chi connectivity index (χ0v) is 14.1. The maximum atomic E-state index is 13.6. The van der Waals surface area contributed by atoms with E-state index < -0.39 is 23.1 Å². The van der Waals surface area contributed by atoms with E-state index in [2.05, 4.69) is 15.2 Å². The van der Waals surface area contributed by atoms with Gasteiger partial charge < -0.3 is 4.52 Å². The van der Waals surface area contributed by atoms with Crippen LogP contribution in [0.5, 0.6) is 0 Å². The van der Waals surface area contributed by atoms with Crippen LogP contribution >= 0.6 is 11.6 Å². The summed E-state index contributed by atoms with van der Waals surface area (Å²) in [6.07, 6.45) is -3.29. The molecule has 2 heterocycles. The van der Waals surface area contributed by atoms with E-state index in [4.69, 9.17) is 16.1 Å². The van der Waals surface area contributed by atoms with Crippen molar-refractivity contribution in [3.05, 3.63) is 52.2 Å². The highest BCUT2D eigenvalue weighted by Crippen LogP contribution is 2.54. The number of alkyl halides is 3. The smallest absolute Gasteiger partial charge is 0.332 e. The number of nitrogens with zero attached hydrogens (tertiary/aromatic N) is 4. The number of benzene rings is 1. The second kappa shape index (κ2) is 5.54. The average Bonchev–Trinajstić information content (AvgIpc) is 3.02. The number of hydrogen-bond donors (Lipinski definition) is 0. The summed E-state index contributed by atoms with van der Waals surface area (Å²) in [6.45, 7) is 0. The first kappa shape index (κ1) is 17.0. The quantitative estimate of drug-likeness (QED) is 0.627. The molecule has 3 aromatic rings. The van der Waals surface area contributed by atoms with Gasteiger partial charge >= 0.3 is 6.18 Å². The normalized spacial score (nSPS) is 16.1. The largest absolute Gasteiger partial charge is 0.433 e. The Kier molecular flexibility index (Phi) is 3.62. The number of rotatable bonds is 3. The van der Waals surface area contributed by atoms with Crippen molar-refractivity contribution in [3.8, 4) is 11.6 Å². The SMILES string of the molecule is Cn1nc(-c2nc(C3(c4cc(F)ccc4Cl)CC3)no2)cc1C(F)(F)F. The summed E-state index contributed by atoms with van der Waals surface area (Å²) in [5.74, 6) is -0.331. The van der Waals surface area contributed by atoms with Crippen molar-refractivity contribution in [3.63, 3.8) is 0 Å². The van der Waals surface area contributed by atoms with Crippen LogP contribution in [0, 0.1) is 5.82 Å². The minimum absolute atomic E-state index is 0.0836. The van der Waals surface area contributed by atoms with Gasteiger partial charge in [-0.2, -0.15) is 23.3 Å². The Labute approximate surface area is 149 Å². The van der Waals surface area contributed by atoms with Gasteiger partial charge in [-0.1, -0.05) is 16.8 Å². The number of aromatic nitrogens is 4. The van der Waals surface area contributed by atoms with E-state index in [9.17, 15) is 17.6 Å². The van der Waals surface area contributed by atoms with Crippen LogP contribution in [0.4, 0.5) is 17.6 Å². The molecule has 1 fully saturated rings. The third-order valence-corrected chi connectivity index (χ3v) is 4.77. The molecule has 0 unspecified atom stereocenters. The zero-order chi connectivity index (χ0) is 18.7. The molecule has 136 valence electrons. The Morgan fingerprint density at radius 2 is 1.96 bits per heavy atom. The number of halogens is 5. The highest BCUT2D eigenvalue weighted by atomic mass is 35.5. The molecule has 0 aliphatic heterocycles. The van der Waals surface area contributed by atoms with Gasteiger partial charge in [-0.15, -0.1) is 0 Å². The lowest BCUT2D eigenvalue weighted by Gasteiger charge is -2.12. The van der Waals surface area contributed by atoms with Gasteiger partial charge in [0.25, 0.3) is 5.89 Å². The van der Waals surface area contributed by atoms with Crippen molar-refractivity contribution in [2.75, 3.05) is 0 Å². The van der Waals surface area contributed by atoms with Crippen molar-refractivity contribution in [1.82, 2.24) is 19.9 Å². The van der Waals surface area contributed by atoms with Crippen LogP contribution in [0.1, 0.15) is 29.9 Å². The van der Waals surface area contributed by atoms with Crippen LogP contribution in [0.2, 0.25) is 5.02 Å². The van der Waals surface area contributed by atoms with Crippen LogP contribution in [-0.2, 0) is 18.6 Å². The number of aryl methyl sites for hydroxylation is 1. The summed E-state index contributed by atoms with van der Waals surface area (Å²) in [4.78, 5) is 4.20. The van der Waals surface area contributed by atoms with Crippen LogP contribution < -0.4 is 0 Å². The van der Waals surface area contributed by atoms with E-state index in [0.29, 0.717) is 28.1 Å². The molecule has 0 bridgehead atoms. The topological polar surface area (TPSA) is 56.7 Å². The van der Waals surface area contributed by atoms with E-state index in [0.717, 1.165) is 6.07 Å². The number of hydrogen-bond acceptors (Lipinski definition) is 4. The summed E-state index contributed by atoms with van der Waals surface area (Å²) in [5, 5.41) is 8.03. The van der Waals surface area contributed by atoms with Crippen molar-refractivity contribution in [1.29, 1.82) is 0 Å². The molecule has 1 aromatic carbocycles. The van der Waals surface area contributed by atoms with Gasteiger partial charge in [-0.25, -0.2) is 4.39 Å². The third-order valence-electron chi connectivity index (χ3n) is 4.44. The van der Waals surface area contributed by atoms with Crippen molar-refractivity contribution < 1.29 is 22.1 Å². The summed E-state index contributed by atoms with van der Waals surface area (Å²) < 4.78 is 58.1. The molecule has 0 radical (unpaired) electrons. The summed E-state index contributed by atoms with van der Waals surface area (Å²) in [5.41, 5.74) is -1.17. The molecule has 0 atom stereocenters. The van der Waals surface area contributed by atoms with Crippen molar-refractivity contribution >= 4 is 11.6 Å². The van der Waals surface area contributed by atoms with E-state index in [1.165, 1.54) is 25.2 Å². The fourth-order valence-corrected chi connectivity index (χ4v) is 3.26. The summed E-state index contributed by atoms with van der Waals surface area (Å²) in [7, 11) is 1.18. The molecule has 4 rings (SSSR count). The Hall–Kier alpha value is -2.42. The van der Waals surface area contributed by atoms with Gasteiger partial charge in [0.2, 0.25) is 0 Å². The van der Waals surface area contributed by atoms with E-state index >= 15 is 0 Å². The molecule has 10 heteroatoms. The average molecular weight is 387 g/mol. The summed E-state index contributed by atoms with van der Waals surface area (Å²) >= 11 is 6.18. The van der Waals surface area contributed by atoms with E-state index in [1.54, 1.807) is 0 Å².